The minimum absolute atomic E-state index is 0.156. The fraction of sp³-hybridized carbons (Fsp3) is 0.364. The molecule has 2 atom stereocenters. The van der Waals surface area contributed by atoms with Gasteiger partial charge in [-0.3, -0.25) is 4.90 Å². The van der Waals surface area contributed by atoms with Crippen LogP contribution in [0.5, 0.6) is 0 Å². The van der Waals surface area contributed by atoms with Crippen molar-refractivity contribution in [2.75, 3.05) is 12.3 Å². The van der Waals surface area contributed by atoms with E-state index in [1.807, 2.05) is 30.3 Å². The first-order valence-corrected chi connectivity index (χ1v) is 11.3. The Morgan fingerprint density at radius 3 is 2.03 bits per heavy atom. The van der Waals surface area contributed by atoms with E-state index < -0.39 is 38.7 Å². The first kappa shape index (κ1) is 21.8. The minimum Gasteiger partial charge on any atom is -0.480 e. The average Bonchev–Trinajstić information content (AvgIpc) is 3.06. The standard InChI is InChI=1S/C22H25NO6S/c1-3-13-30(28,29)22(14-21(2,19(24)25)23(15-22)20(26)27)18-11-9-17(10-12-18)16-7-5-4-6-8-16/h4-12H,3,13-15H2,1-2H3,(H,24,25)(H,26,27). The summed E-state index contributed by atoms with van der Waals surface area (Å²) in [6.45, 7) is 2.58. The van der Waals surface area contributed by atoms with Gasteiger partial charge in [-0.1, -0.05) is 61.5 Å². The molecule has 2 aromatic rings. The highest BCUT2D eigenvalue weighted by molar-refractivity contribution is 7.92. The fourth-order valence-electron chi connectivity index (χ4n) is 4.25. The van der Waals surface area contributed by atoms with Crippen molar-refractivity contribution >= 4 is 21.9 Å². The Balaban J connectivity index is 2.16. The zero-order chi connectivity index (χ0) is 22.2. The van der Waals surface area contributed by atoms with Crippen LogP contribution in [0, 0.1) is 0 Å². The number of nitrogens with zero attached hydrogens (tertiary/aromatic N) is 1. The monoisotopic (exact) mass is 431 g/mol. The van der Waals surface area contributed by atoms with Gasteiger partial charge >= 0.3 is 12.1 Å². The molecule has 1 amide bonds. The van der Waals surface area contributed by atoms with Crippen molar-refractivity contribution in [2.45, 2.75) is 37.0 Å². The van der Waals surface area contributed by atoms with Crippen LogP contribution in [0.15, 0.2) is 54.6 Å². The molecule has 2 N–H and O–H groups in total. The van der Waals surface area contributed by atoms with Gasteiger partial charge in [-0.15, -0.1) is 0 Å². The topological polar surface area (TPSA) is 112 Å². The maximum Gasteiger partial charge on any atom is 0.408 e. The van der Waals surface area contributed by atoms with Crippen LogP contribution >= 0.6 is 0 Å². The number of carbonyl (C=O) groups is 2. The molecule has 1 heterocycles. The molecule has 160 valence electrons. The first-order chi connectivity index (χ1) is 14.1. The highest BCUT2D eigenvalue weighted by atomic mass is 32.2. The number of carboxylic acids is 1. The zero-order valence-corrected chi connectivity index (χ0v) is 17.7. The predicted octanol–water partition coefficient (Wildman–Crippen LogP) is 3.60. The summed E-state index contributed by atoms with van der Waals surface area (Å²) >= 11 is 0. The molecule has 0 aliphatic carbocycles. The molecule has 0 aromatic heterocycles. The number of aliphatic carboxylic acids is 1. The van der Waals surface area contributed by atoms with Crippen molar-refractivity contribution < 1.29 is 28.2 Å². The van der Waals surface area contributed by atoms with Crippen molar-refractivity contribution in [1.82, 2.24) is 4.90 Å². The van der Waals surface area contributed by atoms with Crippen LogP contribution in [-0.2, 0) is 19.4 Å². The average molecular weight is 432 g/mol. The molecule has 1 saturated heterocycles. The molecule has 1 aliphatic heterocycles. The Kier molecular flexibility index (Phi) is 5.64. The maximum atomic E-state index is 13.4. The molecule has 30 heavy (non-hydrogen) atoms. The molecular weight excluding hydrogens is 406 g/mol. The quantitative estimate of drug-likeness (QED) is 0.723. The molecule has 0 saturated carbocycles. The van der Waals surface area contributed by atoms with Gasteiger partial charge in [0.05, 0.1) is 5.75 Å². The van der Waals surface area contributed by atoms with Gasteiger partial charge in [0.25, 0.3) is 0 Å². The van der Waals surface area contributed by atoms with Crippen molar-refractivity contribution in [3.05, 3.63) is 60.2 Å². The van der Waals surface area contributed by atoms with Crippen molar-refractivity contribution in [2.24, 2.45) is 0 Å². The van der Waals surface area contributed by atoms with Crippen LogP contribution in [0.4, 0.5) is 4.79 Å². The largest absolute Gasteiger partial charge is 0.480 e. The molecule has 0 bridgehead atoms. The maximum absolute atomic E-state index is 13.4. The first-order valence-electron chi connectivity index (χ1n) is 9.69. The fourth-order valence-corrected chi connectivity index (χ4v) is 6.50. The summed E-state index contributed by atoms with van der Waals surface area (Å²) in [6, 6.07) is 16.5. The van der Waals surface area contributed by atoms with Gasteiger partial charge in [-0.05, 0) is 30.0 Å². The number of benzene rings is 2. The van der Waals surface area contributed by atoms with Crippen molar-refractivity contribution in [3.8, 4) is 11.1 Å². The van der Waals surface area contributed by atoms with Gasteiger partial charge in [0.15, 0.2) is 9.84 Å². The SMILES string of the molecule is CCCS(=O)(=O)C1(c2ccc(-c3ccccc3)cc2)CN(C(=O)O)C(C)(C(=O)O)C1. The Labute approximate surface area is 175 Å². The predicted molar refractivity (Wildman–Crippen MR) is 113 cm³/mol. The third kappa shape index (κ3) is 3.45. The molecule has 1 aliphatic rings. The Morgan fingerprint density at radius 1 is 1.00 bits per heavy atom. The lowest BCUT2D eigenvalue weighted by Gasteiger charge is -2.29. The van der Waals surface area contributed by atoms with E-state index in [-0.39, 0.29) is 12.2 Å². The van der Waals surface area contributed by atoms with Crippen LogP contribution in [0.1, 0.15) is 32.3 Å². The van der Waals surface area contributed by atoms with Gasteiger partial charge < -0.3 is 10.2 Å². The van der Waals surface area contributed by atoms with Crippen LogP contribution < -0.4 is 0 Å². The molecule has 1 fully saturated rings. The van der Waals surface area contributed by atoms with Gasteiger partial charge in [0, 0.05) is 13.0 Å². The normalized spacial score (nSPS) is 24.0. The summed E-state index contributed by atoms with van der Waals surface area (Å²) in [5, 5.41) is 19.4. The van der Waals surface area contributed by atoms with E-state index >= 15 is 0 Å². The number of amides is 1. The van der Waals surface area contributed by atoms with E-state index in [0.717, 1.165) is 16.0 Å². The molecular formula is C22H25NO6S. The van der Waals surface area contributed by atoms with Crippen LogP contribution in [-0.4, -0.2) is 53.4 Å². The van der Waals surface area contributed by atoms with Crippen LogP contribution in [0.2, 0.25) is 0 Å². The summed E-state index contributed by atoms with van der Waals surface area (Å²) in [7, 11) is -3.84. The van der Waals surface area contributed by atoms with Crippen LogP contribution in [0.25, 0.3) is 11.1 Å². The highest BCUT2D eigenvalue weighted by Gasteiger charge is 2.62. The Morgan fingerprint density at radius 2 is 1.57 bits per heavy atom. The van der Waals surface area contributed by atoms with Gasteiger partial charge in [0.2, 0.25) is 0 Å². The van der Waals surface area contributed by atoms with E-state index in [9.17, 15) is 28.2 Å². The van der Waals surface area contributed by atoms with Crippen LogP contribution in [0.3, 0.4) is 0 Å². The highest BCUT2D eigenvalue weighted by Crippen LogP contribution is 2.48. The minimum atomic E-state index is -3.84. The number of rotatable bonds is 6. The Hall–Kier alpha value is -2.87. The number of hydrogen-bond donors (Lipinski definition) is 2. The summed E-state index contributed by atoms with van der Waals surface area (Å²) in [5.41, 5.74) is 0.414. The number of carboxylic acid groups (broad SMARTS) is 2. The lowest BCUT2D eigenvalue weighted by Crippen LogP contribution is -2.50. The number of hydrogen-bond acceptors (Lipinski definition) is 4. The molecule has 2 unspecified atom stereocenters. The molecule has 0 radical (unpaired) electrons. The second-order valence-electron chi connectivity index (χ2n) is 7.88. The summed E-state index contributed by atoms with van der Waals surface area (Å²) in [4.78, 5) is 24.6. The van der Waals surface area contributed by atoms with E-state index in [1.165, 1.54) is 6.92 Å². The smallest absolute Gasteiger partial charge is 0.408 e. The summed E-state index contributed by atoms with van der Waals surface area (Å²) in [6.07, 6.45) is -1.44. The lowest BCUT2D eigenvalue weighted by atomic mass is 9.88. The van der Waals surface area contributed by atoms with Gasteiger partial charge in [-0.25, -0.2) is 18.0 Å². The number of likely N-dealkylation sites (tertiary alicyclic amines) is 1. The molecule has 2 aromatic carbocycles. The second kappa shape index (κ2) is 7.75. The molecule has 0 spiro atoms. The van der Waals surface area contributed by atoms with Gasteiger partial charge in [0.1, 0.15) is 10.3 Å². The second-order valence-corrected chi connectivity index (χ2v) is 10.3. The lowest BCUT2D eigenvalue weighted by molar-refractivity contribution is -0.147. The van der Waals surface area contributed by atoms with E-state index in [1.54, 1.807) is 31.2 Å². The Bertz CT molecular complexity index is 1050. The molecule has 3 rings (SSSR count). The third-order valence-corrected chi connectivity index (χ3v) is 8.56. The summed E-state index contributed by atoms with van der Waals surface area (Å²) in [5.74, 6) is -1.52. The van der Waals surface area contributed by atoms with Gasteiger partial charge in [-0.2, -0.15) is 0 Å². The van der Waals surface area contributed by atoms with E-state index in [0.29, 0.717) is 12.0 Å². The third-order valence-electron chi connectivity index (χ3n) is 5.92. The molecule has 8 heteroatoms. The summed E-state index contributed by atoms with van der Waals surface area (Å²) < 4.78 is 25.1. The van der Waals surface area contributed by atoms with E-state index in [4.69, 9.17) is 0 Å². The van der Waals surface area contributed by atoms with E-state index in [2.05, 4.69) is 0 Å². The molecule has 7 nitrogen and oxygen atoms in total. The van der Waals surface area contributed by atoms with Crippen molar-refractivity contribution in [1.29, 1.82) is 0 Å². The van der Waals surface area contributed by atoms with Crippen molar-refractivity contribution in [3.63, 3.8) is 0 Å². The number of sulfone groups is 1. The zero-order valence-electron chi connectivity index (χ0n) is 16.9.